The molecule has 1 heterocycles. The zero-order valence-electron chi connectivity index (χ0n) is 11.6. The lowest BCUT2D eigenvalue weighted by Crippen LogP contribution is -2.05. The van der Waals surface area contributed by atoms with Crippen molar-refractivity contribution in [2.24, 2.45) is 0 Å². The molecule has 0 saturated heterocycles. The Morgan fingerprint density at radius 3 is 2.45 bits per heavy atom. The number of anilines is 1. The smallest absolute Gasteiger partial charge is 0.0752 e. The van der Waals surface area contributed by atoms with Gasteiger partial charge in [-0.2, -0.15) is 0 Å². The highest BCUT2D eigenvalue weighted by Crippen LogP contribution is 2.32. The normalized spacial score (nSPS) is 10.9. The van der Waals surface area contributed by atoms with E-state index in [1.165, 1.54) is 5.56 Å². The fourth-order valence-corrected chi connectivity index (χ4v) is 3.05. The van der Waals surface area contributed by atoms with E-state index in [-0.39, 0.29) is 0 Å². The summed E-state index contributed by atoms with van der Waals surface area (Å²) in [5.41, 5.74) is 2.97. The molecule has 112 valence electrons. The first-order chi connectivity index (χ1) is 10.6. The lowest BCUT2D eigenvalue weighted by molar-refractivity contribution is 1.02. The second-order valence-electron chi connectivity index (χ2n) is 4.94. The summed E-state index contributed by atoms with van der Waals surface area (Å²) < 4.78 is 0. The van der Waals surface area contributed by atoms with Crippen LogP contribution in [0.2, 0.25) is 15.1 Å². The van der Waals surface area contributed by atoms with E-state index in [4.69, 9.17) is 34.8 Å². The average Bonchev–Trinajstić information content (AvgIpc) is 2.49. The lowest BCUT2D eigenvalue weighted by Gasteiger charge is -2.11. The first kappa shape index (κ1) is 15.4. The maximum absolute atomic E-state index is 6.30. The molecule has 1 N–H and O–H groups in total. The van der Waals surface area contributed by atoms with Crippen molar-refractivity contribution in [1.82, 2.24) is 4.98 Å². The molecule has 5 heteroatoms. The summed E-state index contributed by atoms with van der Waals surface area (Å²) in [4.78, 5) is 4.32. The quantitative estimate of drug-likeness (QED) is 0.637. The Kier molecular flexibility index (Phi) is 4.72. The third-order valence-electron chi connectivity index (χ3n) is 3.40. The number of pyridine rings is 1. The van der Waals surface area contributed by atoms with Crippen LogP contribution in [0, 0.1) is 0 Å². The van der Waals surface area contributed by atoms with Crippen LogP contribution in [0.5, 0.6) is 0 Å². The van der Waals surface area contributed by atoms with Gasteiger partial charge in [-0.3, -0.25) is 4.98 Å². The van der Waals surface area contributed by atoms with Crippen LogP contribution < -0.4 is 5.32 Å². The van der Waals surface area contributed by atoms with Crippen molar-refractivity contribution in [3.05, 3.63) is 69.3 Å². The highest BCUT2D eigenvalue weighted by atomic mass is 35.5. The number of halogens is 3. The molecule has 0 spiro atoms. The van der Waals surface area contributed by atoms with Crippen LogP contribution in [-0.2, 0) is 6.42 Å². The molecule has 3 aromatic rings. The first-order valence-electron chi connectivity index (χ1n) is 6.85. The molecule has 0 aliphatic carbocycles. The molecule has 0 bridgehead atoms. The third-order valence-corrected chi connectivity index (χ3v) is 4.17. The molecular weight excluding hydrogens is 339 g/mol. The van der Waals surface area contributed by atoms with Gasteiger partial charge in [0.15, 0.2) is 0 Å². The summed E-state index contributed by atoms with van der Waals surface area (Å²) in [7, 11) is 0. The second kappa shape index (κ2) is 6.74. The molecule has 0 saturated carbocycles. The van der Waals surface area contributed by atoms with Gasteiger partial charge in [0.25, 0.3) is 0 Å². The van der Waals surface area contributed by atoms with Gasteiger partial charge in [-0.05, 0) is 42.3 Å². The summed E-state index contributed by atoms with van der Waals surface area (Å²) in [5.74, 6) is 0. The van der Waals surface area contributed by atoms with E-state index >= 15 is 0 Å². The predicted molar refractivity (Wildman–Crippen MR) is 95.4 cm³/mol. The molecule has 0 unspecified atom stereocenters. The van der Waals surface area contributed by atoms with Crippen LogP contribution in [0.15, 0.2) is 48.7 Å². The van der Waals surface area contributed by atoms with Gasteiger partial charge in [-0.1, -0.05) is 46.9 Å². The van der Waals surface area contributed by atoms with Crippen LogP contribution >= 0.6 is 34.8 Å². The second-order valence-corrected chi connectivity index (χ2v) is 6.22. The first-order valence-corrected chi connectivity index (χ1v) is 7.99. The van der Waals surface area contributed by atoms with Crippen molar-refractivity contribution in [3.63, 3.8) is 0 Å². The van der Waals surface area contributed by atoms with E-state index in [1.807, 2.05) is 36.4 Å². The van der Waals surface area contributed by atoms with Gasteiger partial charge in [0, 0.05) is 33.9 Å². The molecule has 0 radical (unpaired) electrons. The number of nitrogens with zero attached hydrogens (tertiary/aromatic N) is 1. The molecule has 2 aromatic carbocycles. The van der Waals surface area contributed by atoms with E-state index in [0.717, 1.165) is 34.6 Å². The Labute approximate surface area is 144 Å². The minimum absolute atomic E-state index is 0.586. The molecule has 1 aromatic heterocycles. The fraction of sp³-hybridized carbons (Fsp3) is 0.118. The number of hydrogen-bond acceptors (Lipinski definition) is 2. The molecule has 0 aliphatic rings. The molecule has 3 rings (SSSR count). The SMILES string of the molecule is Clc1ccc(CCNc2ccnc3cc(Cl)cc(Cl)c23)cc1. The van der Waals surface area contributed by atoms with E-state index in [0.29, 0.717) is 10.0 Å². The monoisotopic (exact) mass is 350 g/mol. The number of fused-ring (bicyclic) bond motifs is 1. The zero-order valence-corrected chi connectivity index (χ0v) is 13.9. The lowest BCUT2D eigenvalue weighted by atomic mass is 10.1. The van der Waals surface area contributed by atoms with E-state index in [2.05, 4.69) is 10.3 Å². The Morgan fingerprint density at radius 2 is 1.68 bits per heavy atom. The predicted octanol–water partition coefficient (Wildman–Crippen LogP) is 5.85. The van der Waals surface area contributed by atoms with Gasteiger partial charge < -0.3 is 5.32 Å². The Bertz CT molecular complexity index is 801. The molecule has 0 aliphatic heterocycles. The maximum atomic E-state index is 6.30. The highest BCUT2D eigenvalue weighted by Gasteiger charge is 2.07. The molecule has 0 atom stereocenters. The van der Waals surface area contributed by atoms with E-state index < -0.39 is 0 Å². The topological polar surface area (TPSA) is 24.9 Å². The highest BCUT2D eigenvalue weighted by molar-refractivity contribution is 6.39. The molecular formula is C17H13Cl3N2. The average molecular weight is 352 g/mol. The third kappa shape index (κ3) is 3.46. The minimum atomic E-state index is 0.586. The summed E-state index contributed by atoms with van der Waals surface area (Å²) in [6.45, 7) is 0.791. The number of rotatable bonds is 4. The van der Waals surface area contributed by atoms with Gasteiger partial charge >= 0.3 is 0 Å². The fourth-order valence-electron chi connectivity index (χ4n) is 2.34. The molecule has 0 fully saturated rings. The number of nitrogens with one attached hydrogen (secondary N) is 1. The maximum Gasteiger partial charge on any atom is 0.0752 e. The summed E-state index contributed by atoms with van der Waals surface area (Å²) in [6, 6.07) is 13.3. The standard InChI is InChI=1S/C17H13Cl3N2/c18-12-3-1-11(2-4-12)5-7-21-15-6-8-22-16-10-13(19)9-14(20)17(15)16/h1-4,6,8-10H,5,7H2,(H,21,22). The Morgan fingerprint density at radius 1 is 0.909 bits per heavy atom. The Balaban J connectivity index is 1.78. The number of hydrogen-bond donors (Lipinski definition) is 1. The minimum Gasteiger partial charge on any atom is -0.384 e. The van der Waals surface area contributed by atoms with Gasteiger partial charge in [0.1, 0.15) is 0 Å². The van der Waals surface area contributed by atoms with Crippen LogP contribution in [0.4, 0.5) is 5.69 Å². The van der Waals surface area contributed by atoms with Crippen molar-refractivity contribution in [1.29, 1.82) is 0 Å². The van der Waals surface area contributed by atoms with Crippen LogP contribution in [0.25, 0.3) is 10.9 Å². The van der Waals surface area contributed by atoms with Crippen molar-refractivity contribution in [2.75, 3.05) is 11.9 Å². The molecule has 2 nitrogen and oxygen atoms in total. The summed E-state index contributed by atoms with van der Waals surface area (Å²) in [6.07, 6.45) is 2.64. The van der Waals surface area contributed by atoms with Crippen molar-refractivity contribution < 1.29 is 0 Å². The van der Waals surface area contributed by atoms with Gasteiger partial charge in [-0.25, -0.2) is 0 Å². The van der Waals surface area contributed by atoms with Crippen LogP contribution in [0.3, 0.4) is 0 Å². The zero-order chi connectivity index (χ0) is 15.5. The Hall–Kier alpha value is -1.48. The van der Waals surface area contributed by atoms with Crippen molar-refractivity contribution in [3.8, 4) is 0 Å². The van der Waals surface area contributed by atoms with Crippen LogP contribution in [-0.4, -0.2) is 11.5 Å². The number of aromatic nitrogens is 1. The van der Waals surface area contributed by atoms with Gasteiger partial charge in [0.2, 0.25) is 0 Å². The number of benzene rings is 2. The molecule has 0 amide bonds. The van der Waals surface area contributed by atoms with Gasteiger partial charge in [0.05, 0.1) is 10.5 Å². The largest absolute Gasteiger partial charge is 0.384 e. The van der Waals surface area contributed by atoms with Gasteiger partial charge in [-0.15, -0.1) is 0 Å². The van der Waals surface area contributed by atoms with Crippen molar-refractivity contribution in [2.45, 2.75) is 6.42 Å². The van der Waals surface area contributed by atoms with Crippen molar-refractivity contribution >= 4 is 51.4 Å². The summed E-state index contributed by atoms with van der Waals surface area (Å²) in [5, 5.41) is 6.24. The van der Waals surface area contributed by atoms with E-state index in [9.17, 15) is 0 Å². The summed E-state index contributed by atoms with van der Waals surface area (Å²) >= 11 is 18.2. The van der Waals surface area contributed by atoms with Crippen LogP contribution in [0.1, 0.15) is 5.56 Å². The molecule has 22 heavy (non-hydrogen) atoms. The van der Waals surface area contributed by atoms with E-state index in [1.54, 1.807) is 12.3 Å².